The number of benzene rings is 2. The quantitative estimate of drug-likeness (QED) is 0.147. The topological polar surface area (TPSA) is 221 Å². The summed E-state index contributed by atoms with van der Waals surface area (Å²) in [6, 6.07) is 18.0. The van der Waals surface area contributed by atoms with Crippen LogP contribution in [0.15, 0.2) is 71.8 Å². The standard InChI is InChI=1S/C43H46N2O15/c1-43(21-30-26(15-17-32(46)53-2)28(19-34(48)55-4)36(44-30)40(51)56-22-24-11-7-5-8-12-24)29(27(39(50)45-43)16-18-33(47)54-3)20-35(49)59-38-37-31(23-57-41(38)52)58-42(60-37)25-13-9-6-10-14-25/h5-14,31,37-38,42,44H,15-23H2,1-4H3,(H,45,50)/t31-,37-,38-,42-,43-/m1/s1. The number of esters is 6. The highest BCUT2D eigenvalue weighted by molar-refractivity contribution is 6.00. The first kappa shape index (κ1) is 43.3. The molecule has 3 aliphatic heterocycles. The van der Waals surface area contributed by atoms with Crippen LogP contribution in [0.3, 0.4) is 0 Å². The van der Waals surface area contributed by atoms with Crippen molar-refractivity contribution in [3.63, 3.8) is 0 Å². The van der Waals surface area contributed by atoms with Gasteiger partial charge in [0.05, 0.1) is 39.7 Å². The van der Waals surface area contributed by atoms with Gasteiger partial charge in [0.1, 0.15) is 31.1 Å². The molecule has 2 aromatic carbocycles. The minimum atomic E-state index is -1.50. The summed E-state index contributed by atoms with van der Waals surface area (Å²) in [5, 5.41) is 2.93. The lowest BCUT2D eigenvalue weighted by molar-refractivity contribution is -0.187. The molecule has 5 atom stereocenters. The third-order valence-corrected chi connectivity index (χ3v) is 10.6. The van der Waals surface area contributed by atoms with E-state index in [0.717, 1.165) is 0 Å². The largest absolute Gasteiger partial charge is 0.469 e. The van der Waals surface area contributed by atoms with Crippen LogP contribution in [0.2, 0.25) is 0 Å². The van der Waals surface area contributed by atoms with Gasteiger partial charge in [-0.2, -0.15) is 0 Å². The molecular formula is C43H46N2O15. The molecule has 60 heavy (non-hydrogen) atoms. The smallest absolute Gasteiger partial charge is 0.355 e. The van der Waals surface area contributed by atoms with Crippen LogP contribution in [0.5, 0.6) is 0 Å². The highest BCUT2D eigenvalue weighted by atomic mass is 16.8. The molecule has 3 aromatic rings. The van der Waals surface area contributed by atoms with E-state index in [0.29, 0.717) is 22.4 Å². The van der Waals surface area contributed by atoms with Gasteiger partial charge in [-0.3, -0.25) is 24.0 Å². The predicted octanol–water partition coefficient (Wildman–Crippen LogP) is 3.22. The molecule has 17 heteroatoms. The van der Waals surface area contributed by atoms with Crippen LogP contribution >= 0.6 is 0 Å². The monoisotopic (exact) mass is 830 g/mol. The third-order valence-electron chi connectivity index (χ3n) is 10.6. The fourth-order valence-corrected chi connectivity index (χ4v) is 7.56. The van der Waals surface area contributed by atoms with Crippen LogP contribution in [-0.2, 0) is 92.5 Å². The molecule has 3 aliphatic rings. The molecule has 1 aromatic heterocycles. The molecule has 4 heterocycles. The number of ether oxygens (including phenoxy) is 8. The summed E-state index contributed by atoms with van der Waals surface area (Å²) >= 11 is 0. The van der Waals surface area contributed by atoms with E-state index in [9.17, 15) is 33.6 Å². The number of hydrogen-bond donors (Lipinski definition) is 2. The number of H-pyrrole nitrogens is 1. The first-order valence-electron chi connectivity index (χ1n) is 19.2. The average Bonchev–Trinajstić information content (AvgIpc) is 3.90. The van der Waals surface area contributed by atoms with Crippen LogP contribution in [-0.4, -0.2) is 98.5 Å². The predicted molar refractivity (Wildman–Crippen MR) is 205 cm³/mol. The Bertz CT molecular complexity index is 2150. The number of methoxy groups -OCH3 is 3. The Morgan fingerprint density at radius 2 is 1.43 bits per heavy atom. The lowest BCUT2D eigenvalue weighted by atomic mass is 9.83. The Balaban J connectivity index is 1.33. The van der Waals surface area contributed by atoms with Gasteiger partial charge in [0.2, 0.25) is 12.0 Å². The second kappa shape index (κ2) is 19.2. The summed E-state index contributed by atoms with van der Waals surface area (Å²) < 4.78 is 43.4. The van der Waals surface area contributed by atoms with E-state index >= 15 is 0 Å². The van der Waals surface area contributed by atoms with Gasteiger partial charge in [-0.1, -0.05) is 60.7 Å². The summed E-state index contributed by atoms with van der Waals surface area (Å²) in [6.45, 7) is 1.43. The van der Waals surface area contributed by atoms with Gasteiger partial charge in [0.25, 0.3) is 0 Å². The molecule has 2 fully saturated rings. The van der Waals surface area contributed by atoms with Crippen LogP contribution in [0, 0.1) is 0 Å². The number of hydrogen-bond acceptors (Lipinski definition) is 15. The van der Waals surface area contributed by atoms with Gasteiger partial charge in [0.15, 0.2) is 6.29 Å². The lowest BCUT2D eigenvalue weighted by Crippen LogP contribution is -2.51. The number of aromatic amines is 1. The molecule has 6 rings (SSSR count). The molecule has 0 radical (unpaired) electrons. The number of cyclic esters (lactones) is 1. The van der Waals surface area contributed by atoms with E-state index in [4.69, 9.17) is 37.9 Å². The number of nitrogens with one attached hydrogen (secondary N) is 2. The Hall–Kier alpha value is -6.33. The van der Waals surface area contributed by atoms with Gasteiger partial charge in [0, 0.05) is 36.1 Å². The van der Waals surface area contributed by atoms with E-state index in [-0.39, 0.29) is 74.1 Å². The summed E-state index contributed by atoms with van der Waals surface area (Å²) in [7, 11) is 3.62. The van der Waals surface area contributed by atoms with Crippen molar-refractivity contribution in [1.82, 2.24) is 10.3 Å². The molecule has 2 saturated heterocycles. The van der Waals surface area contributed by atoms with Crippen LogP contribution in [0.1, 0.15) is 77.3 Å². The van der Waals surface area contributed by atoms with Crippen molar-refractivity contribution in [1.29, 1.82) is 0 Å². The summed E-state index contributed by atoms with van der Waals surface area (Å²) in [5.74, 6) is -4.98. The normalized spacial score (nSPS) is 22.0. The van der Waals surface area contributed by atoms with Gasteiger partial charge in [-0.25, -0.2) is 9.59 Å². The summed E-state index contributed by atoms with van der Waals surface area (Å²) in [4.78, 5) is 95.1. The molecule has 0 unspecified atom stereocenters. The minimum Gasteiger partial charge on any atom is -0.469 e. The molecular weight excluding hydrogens is 784 g/mol. The minimum absolute atomic E-state index is 0.00446. The second-order valence-corrected chi connectivity index (χ2v) is 14.6. The number of aromatic nitrogens is 1. The Morgan fingerprint density at radius 3 is 2.10 bits per heavy atom. The van der Waals surface area contributed by atoms with Crippen molar-refractivity contribution in [2.45, 2.75) is 88.6 Å². The van der Waals surface area contributed by atoms with Crippen molar-refractivity contribution >= 4 is 41.7 Å². The van der Waals surface area contributed by atoms with Gasteiger partial charge in [-0.05, 0) is 42.0 Å². The van der Waals surface area contributed by atoms with E-state index in [1.165, 1.54) is 21.3 Å². The zero-order valence-corrected chi connectivity index (χ0v) is 33.6. The van der Waals surface area contributed by atoms with E-state index in [1.807, 2.05) is 12.1 Å². The zero-order valence-electron chi connectivity index (χ0n) is 33.6. The highest BCUT2D eigenvalue weighted by Crippen LogP contribution is 2.39. The molecule has 0 aliphatic carbocycles. The fraction of sp³-hybridized carbons (Fsp3) is 0.419. The van der Waals surface area contributed by atoms with E-state index in [2.05, 4.69) is 10.3 Å². The molecule has 2 N–H and O–H groups in total. The van der Waals surface area contributed by atoms with E-state index < -0.39 is 78.3 Å². The molecule has 0 spiro atoms. The summed E-state index contributed by atoms with van der Waals surface area (Å²) in [6.07, 6.45) is -5.57. The van der Waals surface area contributed by atoms with Crippen molar-refractivity contribution in [3.8, 4) is 0 Å². The maximum absolute atomic E-state index is 13.9. The molecule has 318 valence electrons. The van der Waals surface area contributed by atoms with Gasteiger partial charge < -0.3 is 48.2 Å². The Morgan fingerprint density at radius 1 is 0.783 bits per heavy atom. The Labute approximate surface area is 344 Å². The third kappa shape index (κ3) is 9.92. The van der Waals surface area contributed by atoms with Crippen molar-refractivity contribution in [3.05, 3.63) is 105 Å². The number of carbonyl (C=O) groups excluding carboxylic acids is 7. The van der Waals surface area contributed by atoms with Crippen molar-refractivity contribution < 1.29 is 71.5 Å². The highest BCUT2D eigenvalue weighted by Gasteiger charge is 2.52. The molecule has 17 nitrogen and oxygen atoms in total. The maximum atomic E-state index is 13.9. The average molecular weight is 831 g/mol. The SMILES string of the molecule is COC(=O)CCC1=C(CC(=O)O[C@H]2C(=O)OC[C@H]3O[C@@H](c4ccccc4)O[C@H]32)[C@@](C)(Cc2[nH]c(C(=O)OCc3ccccc3)c(CC(=O)OC)c2CCC(=O)OC)NC1=O. The van der Waals surface area contributed by atoms with Gasteiger partial charge in [-0.15, -0.1) is 0 Å². The molecule has 0 bridgehead atoms. The first-order valence-corrected chi connectivity index (χ1v) is 19.2. The molecule has 0 saturated carbocycles. The number of fused-ring (bicyclic) bond motifs is 1. The number of rotatable bonds is 17. The van der Waals surface area contributed by atoms with Crippen molar-refractivity contribution in [2.75, 3.05) is 27.9 Å². The second-order valence-electron chi connectivity index (χ2n) is 14.6. The zero-order chi connectivity index (χ0) is 43.0. The van der Waals surface area contributed by atoms with Gasteiger partial charge >= 0.3 is 35.8 Å². The van der Waals surface area contributed by atoms with Crippen molar-refractivity contribution in [2.24, 2.45) is 0 Å². The van der Waals surface area contributed by atoms with Crippen LogP contribution in [0.4, 0.5) is 0 Å². The first-order chi connectivity index (χ1) is 28.8. The maximum Gasteiger partial charge on any atom is 0.355 e. The summed E-state index contributed by atoms with van der Waals surface area (Å²) in [5.41, 5.74) is 1.18. The van der Waals surface area contributed by atoms with E-state index in [1.54, 1.807) is 55.5 Å². The molecule has 1 amide bonds. The lowest BCUT2D eigenvalue weighted by Gasteiger charge is -2.31. The number of amides is 1. The fourth-order valence-electron chi connectivity index (χ4n) is 7.56. The Kier molecular flexibility index (Phi) is 13.8. The van der Waals surface area contributed by atoms with Crippen LogP contribution in [0.25, 0.3) is 0 Å². The van der Waals surface area contributed by atoms with Crippen LogP contribution < -0.4 is 5.32 Å². The number of carbonyl (C=O) groups is 7.